The van der Waals surface area contributed by atoms with Crippen LogP contribution in [0.3, 0.4) is 0 Å². The van der Waals surface area contributed by atoms with Crippen LogP contribution in [-0.4, -0.2) is 0 Å². The van der Waals surface area contributed by atoms with E-state index in [4.69, 9.17) is 5.73 Å². The molecule has 0 aliphatic carbocycles. The largest absolute Gasteiger partial charge is 0.320 e. The molecule has 0 spiro atoms. The summed E-state index contributed by atoms with van der Waals surface area (Å²) in [6.45, 7) is 0. The Bertz CT molecular complexity index is 525. The quantitative estimate of drug-likeness (QED) is 0.845. The van der Waals surface area contributed by atoms with Crippen LogP contribution in [0.2, 0.25) is 0 Å². The third-order valence-corrected chi connectivity index (χ3v) is 3.54. The van der Waals surface area contributed by atoms with Gasteiger partial charge in [0.1, 0.15) is 5.82 Å². The van der Waals surface area contributed by atoms with Crippen LogP contribution < -0.4 is 5.73 Å². The van der Waals surface area contributed by atoms with Crippen molar-refractivity contribution in [3.05, 3.63) is 68.4 Å². The molecule has 0 aliphatic rings. The second-order valence-electron chi connectivity index (χ2n) is 3.70. The molecule has 1 nitrogen and oxygen atoms in total. The molecule has 2 rings (SSSR count). The molecule has 0 fully saturated rings. The van der Waals surface area contributed by atoms with Crippen molar-refractivity contribution in [2.45, 2.75) is 6.04 Å². The van der Waals surface area contributed by atoms with Crippen LogP contribution in [0.15, 0.2) is 51.4 Å². The third-order valence-electron chi connectivity index (χ3n) is 2.52. The molecular formula is C13H10Br2FN. The molecular weight excluding hydrogens is 349 g/mol. The lowest BCUT2D eigenvalue weighted by atomic mass is 9.99. The molecule has 0 bridgehead atoms. The summed E-state index contributed by atoms with van der Waals surface area (Å²) < 4.78 is 15.5. The molecule has 0 saturated carbocycles. The van der Waals surface area contributed by atoms with E-state index in [2.05, 4.69) is 31.9 Å². The molecule has 4 heteroatoms. The van der Waals surface area contributed by atoms with Crippen molar-refractivity contribution in [1.29, 1.82) is 0 Å². The van der Waals surface area contributed by atoms with Gasteiger partial charge in [-0.15, -0.1) is 0 Å². The maximum atomic E-state index is 13.7. The maximum absolute atomic E-state index is 13.7. The Balaban J connectivity index is 2.39. The zero-order valence-electron chi connectivity index (χ0n) is 8.83. The van der Waals surface area contributed by atoms with Gasteiger partial charge in [-0.25, -0.2) is 4.39 Å². The number of benzene rings is 2. The first kappa shape index (κ1) is 12.7. The van der Waals surface area contributed by atoms with Gasteiger partial charge in [-0.05, 0) is 35.9 Å². The number of hydrogen-bond acceptors (Lipinski definition) is 1. The average Bonchev–Trinajstić information content (AvgIpc) is 2.32. The zero-order valence-corrected chi connectivity index (χ0v) is 12.0. The van der Waals surface area contributed by atoms with Crippen LogP contribution in [-0.2, 0) is 0 Å². The van der Waals surface area contributed by atoms with E-state index in [1.54, 1.807) is 12.1 Å². The predicted molar refractivity (Wildman–Crippen MR) is 74.3 cm³/mol. The Morgan fingerprint density at radius 3 is 2.18 bits per heavy atom. The van der Waals surface area contributed by atoms with Crippen molar-refractivity contribution in [1.82, 2.24) is 0 Å². The van der Waals surface area contributed by atoms with Crippen molar-refractivity contribution in [2.75, 3.05) is 0 Å². The Morgan fingerprint density at radius 1 is 0.941 bits per heavy atom. The normalized spacial score (nSPS) is 12.5. The molecule has 0 aromatic heterocycles. The molecule has 0 heterocycles. The van der Waals surface area contributed by atoms with Gasteiger partial charge in [0, 0.05) is 14.5 Å². The third kappa shape index (κ3) is 2.94. The van der Waals surface area contributed by atoms with Crippen LogP contribution in [0, 0.1) is 5.82 Å². The van der Waals surface area contributed by atoms with Gasteiger partial charge in [-0.1, -0.05) is 44.0 Å². The molecule has 0 aliphatic heterocycles. The molecule has 0 saturated heterocycles. The summed E-state index contributed by atoms with van der Waals surface area (Å²) in [7, 11) is 0. The van der Waals surface area contributed by atoms with Gasteiger partial charge in [0.15, 0.2) is 0 Å². The molecule has 2 N–H and O–H groups in total. The van der Waals surface area contributed by atoms with Gasteiger partial charge in [-0.3, -0.25) is 0 Å². The van der Waals surface area contributed by atoms with Crippen molar-refractivity contribution >= 4 is 31.9 Å². The molecule has 2 aromatic rings. The number of rotatable bonds is 2. The Kier molecular flexibility index (Phi) is 3.97. The Morgan fingerprint density at radius 2 is 1.53 bits per heavy atom. The van der Waals surface area contributed by atoms with Crippen LogP contribution in [0.5, 0.6) is 0 Å². The van der Waals surface area contributed by atoms with Gasteiger partial charge in [0.05, 0.1) is 6.04 Å². The van der Waals surface area contributed by atoms with Crippen LogP contribution in [0.25, 0.3) is 0 Å². The van der Waals surface area contributed by atoms with Crippen molar-refractivity contribution in [2.24, 2.45) is 5.73 Å². The van der Waals surface area contributed by atoms with Crippen LogP contribution in [0.1, 0.15) is 17.2 Å². The summed E-state index contributed by atoms with van der Waals surface area (Å²) in [5.74, 6) is -0.288. The second-order valence-corrected chi connectivity index (χ2v) is 5.53. The fraction of sp³-hybridized carbons (Fsp3) is 0.0769. The lowest BCUT2D eigenvalue weighted by Crippen LogP contribution is -2.13. The minimum Gasteiger partial charge on any atom is -0.320 e. The van der Waals surface area contributed by atoms with Gasteiger partial charge in [-0.2, -0.15) is 0 Å². The fourth-order valence-electron chi connectivity index (χ4n) is 1.60. The van der Waals surface area contributed by atoms with E-state index in [1.165, 1.54) is 6.07 Å². The SMILES string of the molecule is NC(c1ccc(Br)cc1)c1cc(Br)ccc1F. The van der Waals surface area contributed by atoms with Crippen molar-refractivity contribution in [3.8, 4) is 0 Å². The van der Waals surface area contributed by atoms with E-state index in [0.717, 1.165) is 14.5 Å². The molecule has 17 heavy (non-hydrogen) atoms. The lowest BCUT2D eigenvalue weighted by molar-refractivity contribution is 0.599. The topological polar surface area (TPSA) is 26.0 Å². The van der Waals surface area contributed by atoms with Crippen molar-refractivity contribution < 1.29 is 4.39 Å². The van der Waals surface area contributed by atoms with E-state index >= 15 is 0 Å². The molecule has 0 radical (unpaired) electrons. The first-order chi connectivity index (χ1) is 8.08. The van der Waals surface area contributed by atoms with E-state index in [9.17, 15) is 4.39 Å². The van der Waals surface area contributed by atoms with E-state index < -0.39 is 6.04 Å². The highest BCUT2D eigenvalue weighted by Crippen LogP contribution is 2.26. The number of halogens is 3. The average molecular weight is 359 g/mol. The summed E-state index contributed by atoms with van der Waals surface area (Å²) in [6.07, 6.45) is 0. The van der Waals surface area contributed by atoms with E-state index in [-0.39, 0.29) is 5.82 Å². The van der Waals surface area contributed by atoms with Gasteiger partial charge < -0.3 is 5.73 Å². The second kappa shape index (κ2) is 5.29. The number of hydrogen-bond donors (Lipinski definition) is 1. The smallest absolute Gasteiger partial charge is 0.128 e. The standard InChI is InChI=1S/C13H10Br2FN/c14-9-3-1-8(2-4-9)13(17)11-7-10(15)5-6-12(11)16/h1-7,13H,17H2. The molecule has 0 amide bonds. The highest BCUT2D eigenvalue weighted by atomic mass is 79.9. The summed E-state index contributed by atoms with van der Waals surface area (Å²) >= 11 is 6.67. The minimum absolute atomic E-state index is 0.288. The number of nitrogens with two attached hydrogens (primary N) is 1. The summed E-state index contributed by atoms with van der Waals surface area (Å²) in [5.41, 5.74) is 7.43. The highest BCUT2D eigenvalue weighted by Gasteiger charge is 2.13. The highest BCUT2D eigenvalue weighted by molar-refractivity contribution is 9.10. The van der Waals surface area contributed by atoms with Crippen LogP contribution in [0.4, 0.5) is 4.39 Å². The predicted octanol–water partition coefficient (Wildman–Crippen LogP) is 4.40. The molecule has 1 unspecified atom stereocenters. The first-order valence-electron chi connectivity index (χ1n) is 5.04. The maximum Gasteiger partial charge on any atom is 0.128 e. The Hall–Kier alpha value is -0.710. The summed E-state index contributed by atoms with van der Waals surface area (Å²) in [4.78, 5) is 0. The monoisotopic (exact) mass is 357 g/mol. The van der Waals surface area contributed by atoms with Gasteiger partial charge >= 0.3 is 0 Å². The Labute approximate surface area is 116 Å². The molecule has 2 aromatic carbocycles. The summed E-state index contributed by atoms with van der Waals surface area (Å²) in [6, 6.07) is 11.9. The fourth-order valence-corrected chi connectivity index (χ4v) is 2.25. The van der Waals surface area contributed by atoms with E-state index in [1.807, 2.05) is 24.3 Å². The minimum atomic E-state index is -0.458. The van der Waals surface area contributed by atoms with Crippen LogP contribution >= 0.6 is 31.9 Å². The zero-order chi connectivity index (χ0) is 12.4. The lowest BCUT2D eigenvalue weighted by Gasteiger charge is -2.14. The van der Waals surface area contributed by atoms with E-state index in [0.29, 0.717) is 5.56 Å². The van der Waals surface area contributed by atoms with Crippen molar-refractivity contribution in [3.63, 3.8) is 0 Å². The summed E-state index contributed by atoms with van der Waals surface area (Å²) in [5, 5.41) is 0. The first-order valence-corrected chi connectivity index (χ1v) is 6.62. The molecule has 1 atom stereocenters. The van der Waals surface area contributed by atoms with Gasteiger partial charge in [0.2, 0.25) is 0 Å². The molecule has 88 valence electrons. The van der Waals surface area contributed by atoms with Gasteiger partial charge in [0.25, 0.3) is 0 Å².